The maximum atomic E-state index is 13.7. The molecule has 0 aromatic heterocycles. The van der Waals surface area contributed by atoms with E-state index in [1.54, 1.807) is 24.3 Å². The number of esters is 1. The Hall–Kier alpha value is -2.73. The molecule has 0 spiro atoms. The first-order chi connectivity index (χ1) is 13.9. The molecule has 1 unspecified atom stereocenters. The molecule has 152 valence electrons. The predicted octanol–water partition coefficient (Wildman–Crippen LogP) is 4.13. The molecule has 0 bridgehead atoms. The molecule has 1 fully saturated rings. The van der Waals surface area contributed by atoms with Gasteiger partial charge >= 0.3 is 5.97 Å². The number of hydrogen-bond donors (Lipinski definition) is 0. The number of ether oxygens (including phenoxy) is 1. The monoisotopic (exact) mass is 417 g/mol. The highest BCUT2D eigenvalue weighted by Crippen LogP contribution is 2.42. The third-order valence-corrected chi connectivity index (χ3v) is 5.67. The third kappa shape index (κ3) is 4.03. The second-order valence-electron chi connectivity index (χ2n) is 6.98. The second kappa shape index (κ2) is 8.74. The van der Waals surface area contributed by atoms with Crippen molar-refractivity contribution in [2.24, 2.45) is 0 Å². The van der Waals surface area contributed by atoms with Crippen molar-refractivity contribution in [1.82, 2.24) is 4.90 Å². The Morgan fingerprint density at radius 1 is 1.14 bits per heavy atom. The summed E-state index contributed by atoms with van der Waals surface area (Å²) in [6.45, 7) is -0.608. The highest BCUT2D eigenvalue weighted by Gasteiger charge is 2.48. The van der Waals surface area contributed by atoms with Crippen LogP contribution in [-0.4, -0.2) is 36.2 Å². The van der Waals surface area contributed by atoms with E-state index >= 15 is 0 Å². The first-order valence-corrected chi connectivity index (χ1v) is 9.72. The van der Waals surface area contributed by atoms with Crippen molar-refractivity contribution < 1.29 is 23.5 Å². The van der Waals surface area contributed by atoms with Gasteiger partial charge in [0.1, 0.15) is 11.4 Å². The van der Waals surface area contributed by atoms with Crippen LogP contribution >= 0.6 is 11.6 Å². The quantitative estimate of drug-likeness (QED) is 0.686. The van der Waals surface area contributed by atoms with Gasteiger partial charge in [0.25, 0.3) is 5.91 Å². The van der Waals surface area contributed by atoms with Gasteiger partial charge in [-0.1, -0.05) is 41.9 Å². The van der Waals surface area contributed by atoms with E-state index in [1.165, 1.54) is 30.1 Å². The smallest absolute Gasteiger partial charge is 0.341 e. The molecule has 1 amide bonds. The van der Waals surface area contributed by atoms with Crippen LogP contribution in [0.1, 0.15) is 41.6 Å². The van der Waals surface area contributed by atoms with Gasteiger partial charge in [0.05, 0.1) is 5.56 Å². The second-order valence-corrected chi connectivity index (χ2v) is 7.39. The Bertz CT molecular complexity index is 948. The normalized spacial score (nSPS) is 18.9. The first kappa shape index (κ1) is 21.0. The van der Waals surface area contributed by atoms with Crippen LogP contribution in [0.4, 0.5) is 4.39 Å². The summed E-state index contributed by atoms with van der Waals surface area (Å²) >= 11 is 6.37. The zero-order valence-electron chi connectivity index (χ0n) is 16.0. The fraction of sp³-hybridized carbons (Fsp3) is 0.318. The summed E-state index contributed by atoms with van der Waals surface area (Å²) in [4.78, 5) is 39.3. The largest absolute Gasteiger partial charge is 0.452 e. The minimum Gasteiger partial charge on any atom is -0.452 e. The maximum Gasteiger partial charge on any atom is 0.341 e. The Balaban J connectivity index is 1.83. The number of carbonyl (C=O) groups is 3. The molecule has 0 radical (unpaired) electrons. The van der Waals surface area contributed by atoms with Crippen LogP contribution in [0.25, 0.3) is 0 Å². The van der Waals surface area contributed by atoms with E-state index in [9.17, 15) is 18.8 Å². The zero-order chi connectivity index (χ0) is 21.0. The van der Waals surface area contributed by atoms with Gasteiger partial charge in [0, 0.05) is 24.1 Å². The molecule has 1 aliphatic rings. The summed E-state index contributed by atoms with van der Waals surface area (Å²) in [6, 6.07) is 12.3. The topological polar surface area (TPSA) is 63.7 Å². The molecule has 1 saturated carbocycles. The number of benzene rings is 2. The molecule has 2 aromatic rings. The van der Waals surface area contributed by atoms with Crippen molar-refractivity contribution in [1.29, 1.82) is 0 Å². The molecule has 0 N–H and O–H groups in total. The van der Waals surface area contributed by atoms with Gasteiger partial charge in [-0.15, -0.1) is 0 Å². The van der Waals surface area contributed by atoms with Gasteiger partial charge in [0.2, 0.25) is 0 Å². The Morgan fingerprint density at radius 3 is 2.52 bits per heavy atom. The number of hydrogen-bond acceptors (Lipinski definition) is 4. The molecule has 3 rings (SSSR count). The van der Waals surface area contributed by atoms with E-state index in [0.29, 0.717) is 23.4 Å². The van der Waals surface area contributed by atoms with Crippen molar-refractivity contribution in [3.05, 3.63) is 70.5 Å². The lowest BCUT2D eigenvalue weighted by atomic mass is 9.74. The lowest BCUT2D eigenvalue weighted by Gasteiger charge is -2.43. The molecule has 0 heterocycles. The number of halogens is 2. The fourth-order valence-corrected chi connectivity index (χ4v) is 4.06. The summed E-state index contributed by atoms with van der Waals surface area (Å²) in [6.07, 6.45) is 2.26. The van der Waals surface area contributed by atoms with E-state index in [-0.39, 0.29) is 11.3 Å². The summed E-state index contributed by atoms with van der Waals surface area (Å²) in [7, 11) is 1.51. The minimum atomic E-state index is -1.21. The molecule has 0 aliphatic heterocycles. The first-order valence-electron chi connectivity index (χ1n) is 9.34. The van der Waals surface area contributed by atoms with Crippen molar-refractivity contribution in [3.63, 3.8) is 0 Å². The van der Waals surface area contributed by atoms with Gasteiger partial charge < -0.3 is 9.64 Å². The summed E-state index contributed by atoms with van der Waals surface area (Å²) in [5, 5.41) is 0.394. The van der Waals surface area contributed by atoms with Crippen molar-refractivity contribution >= 4 is 29.3 Å². The van der Waals surface area contributed by atoms with E-state index in [0.717, 1.165) is 18.9 Å². The van der Waals surface area contributed by atoms with Crippen molar-refractivity contribution in [2.45, 2.75) is 31.2 Å². The molecule has 1 aliphatic carbocycles. The van der Waals surface area contributed by atoms with Gasteiger partial charge in [-0.05, 0) is 37.5 Å². The number of rotatable bonds is 5. The van der Waals surface area contributed by atoms with Crippen LogP contribution in [0.3, 0.4) is 0 Å². The number of amides is 1. The molecule has 5 nitrogen and oxygen atoms in total. The molecule has 2 aromatic carbocycles. The van der Waals surface area contributed by atoms with Crippen LogP contribution in [0.15, 0.2) is 48.5 Å². The van der Waals surface area contributed by atoms with Crippen LogP contribution in [0.5, 0.6) is 0 Å². The Labute approximate surface area is 173 Å². The van der Waals surface area contributed by atoms with Gasteiger partial charge in [-0.25, -0.2) is 9.18 Å². The van der Waals surface area contributed by atoms with E-state index in [2.05, 4.69) is 0 Å². The van der Waals surface area contributed by atoms with Crippen molar-refractivity contribution in [2.75, 3.05) is 13.7 Å². The maximum absolute atomic E-state index is 13.7. The number of nitrogens with zero attached hydrogens (tertiary/aromatic N) is 1. The fourth-order valence-electron chi connectivity index (χ4n) is 3.77. The summed E-state index contributed by atoms with van der Waals surface area (Å²) < 4.78 is 18.8. The standard InChI is InChI=1S/C22H21ClFNO4/c1-25(20(27)14-29-21(28)15-8-2-5-11-18(15)24)22(13-7-6-12-19(22)26)16-9-3-4-10-17(16)23/h2-5,8-11H,6-7,12-14H2,1H3. The molecule has 7 heteroatoms. The minimum absolute atomic E-state index is 0.104. The molecular weight excluding hydrogens is 397 g/mol. The number of Topliss-reactive ketones (excluding diaryl/α,β-unsaturated/α-hetero) is 1. The van der Waals surface area contributed by atoms with E-state index in [1.807, 2.05) is 0 Å². The SMILES string of the molecule is CN(C(=O)COC(=O)c1ccccc1F)C1(c2ccccc2Cl)CCCCC1=O. The zero-order valence-corrected chi connectivity index (χ0v) is 16.7. The molecular formula is C22H21ClFNO4. The molecule has 0 saturated heterocycles. The lowest BCUT2D eigenvalue weighted by Crippen LogP contribution is -2.55. The highest BCUT2D eigenvalue weighted by atomic mass is 35.5. The summed E-state index contributed by atoms with van der Waals surface area (Å²) in [5.74, 6) is -2.34. The summed E-state index contributed by atoms with van der Waals surface area (Å²) in [5.41, 5.74) is -0.905. The average Bonchev–Trinajstić information content (AvgIpc) is 2.72. The lowest BCUT2D eigenvalue weighted by molar-refractivity contribution is -0.150. The van der Waals surface area contributed by atoms with E-state index in [4.69, 9.17) is 16.3 Å². The highest BCUT2D eigenvalue weighted by molar-refractivity contribution is 6.31. The number of likely N-dealkylation sites (N-methyl/N-ethyl adjacent to an activating group) is 1. The number of ketones is 1. The van der Waals surface area contributed by atoms with Gasteiger partial charge in [-0.3, -0.25) is 9.59 Å². The third-order valence-electron chi connectivity index (χ3n) is 5.34. The molecule has 29 heavy (non-hydrogen) atoms. The van der Waals surface area contributed by atoms with Gasteiger partial charge in [-0.2, -0.15) is 0 Å². The average molecular weight is 418 g/mol. The predicted molar refractivity (Wildman–Crippen MR) is 106 cm³/mol. The van der Waals surface area contributed by atoms with Crippen LogP contribution in [0.2, 0.25) is 5.02 Å². The molecule has 1 atom stereocenters. The van der Waals surface area contributed by atoms with Crippen LogP contribution in [0, 0.1) is 5.82 Å². The van der Waals surface area contributed by atoms with Crippen molar-refractivity contribution in [3.8, 4) is 0 Å². The van der Waals surface area contributed by atoms with E-state index < -0.39 is 29.8 Å². The number of carbonyl (C=O) groups excluding carboxylic acids is 3. The van der Waals surface area contributed by atoms with Crippen LogP contribution < -0.4 is 0 Å². The van der Waals surface area contributed by atoms with Gasteiger partial charge in [0.15, 0.2) is 12.4 Å². The van der Waals surface area contributed by atoms with Crippen LogP contribution in [-0.2, 0) is 19.9 Å². The Kier molecular flexibility index (Phi) is 6.33. The Morgan fingerprint density at radius 2 is 1.83 bits per heavy atom.